The molecular formula is C23H24F2N4O2. The lowest BCUT2D eigenvalue weighted by molar-refractivity contribution is 0.540. The van der Waals surface area contributed by atoms with Crippen LogP contribution in [0.4, 0.5) is 8.78 Å². The number of aryl methyl sites for hydroxylation is 3. The molecule has 0 aliphatic carbocycles. The van der Waals surface area contributed by atoms with Gasteiger partial charge in [-0.2, -0.15) is 4.98 Å². The van der Waals surface area contributed by atoms with E-state index >= 15 is 0 Å². The second kappa shape index (κ2) is 9.16. The van der Waals surface area contributed by atoms with Crippen molar-refractivity contribution in [2.75, 3.05) is 0 Å². The summed E-state index contributed by atoms with van der Waals surface area (Å²) in [5.41, 5.74) is 2.00. The Hall–Kier alpha value is -3.42. The largest absolute Gasteiger partial charge is 0.349 e. The van der Waals surface area contributed by atoms with E-state index in [-0.39, 0.29) is 23.5 Å². The quantitative estimate of drug-likeness (QED) is 0.498. The summed E-state index contributed by atoms with van der Waals surface area (Å²) in [6.45, 7) is 8.19. The lowest BCUT2D eigenvalue weighted by Crippen LogP contribution is -2.29. The third kappa shape index (κ3) is 4.38. The van der Waals surface area contributed by atoms with Crippen LogP contribution < -0.4 is 11.2 Å². The highest BCUT2D eigenvalue weighted by atomic mass is 19.1. The van der Waals surface area contributed by atoms with Crippen molar-refractivity contribution in [3.8, 4) is 11.5 Å². The molecule has 0 atom stereocenters. The Kier molecular flexibility index (Phi) is 6.58. The van der Waals surface area contributed by atoms with Crippen LogP contribution in [0, 0.1) is 25.5 Å². The van der Waals surface area contributed by atoms with E-state index in [1.807, 2.05) is 39.8 Å². The number of hydrogen-bond donors (Lipinski definition) is 1. The number of nitrogens with zero attached hydrogens (tertiary/aromatic N) is 3. The van der Waals surface area contributed by atoms with E-state index in [9.17, 15) is 18.4 Å². The molecule has 0 fully saturated rings. The molecule has 2 aliphatic heterocycles. The van der Waals surface area contributed by atoms with Crippen LogP contribution in [-0.4, -0.2) is 19.5 Å². The maximum atomic E-state index is 13.9. The van der Waals surface area contributed by atoms with Crippen LogP contribution in [-0.2, 0) is 13.0 Å². The number of benzene rings is 2. The molecule has 0 spiro atoms. The number of rotatable bonds is 4. The van der Waals surface area contributed by atoms with Gasteiger partial charge < -0.3 is 4.57 Å². The molecule has 6 nitrogen and oxygen atoms in total. The van der Waals surface area contributed by atoms with Gasteiger partial charge in [0.15, 0.2) is 11.5 Å². The summed E-state index contributed by atoms with van der Waals surface area (Å²) in [5, 5.41) is 0. The SMILES string of the molecule is CC.Cc1cc2nc3c(=O)[nH]c(=O)nc-3n(CCCc3c(F)cccc3F)c2cc1C. The molecule has 2 aromatic carbocycles. The van der Waals surface area contributed by atoms with Crippen LogP contribution >= 0.6 is 0 Å². The fraction of sp³-hybridized carbons (Fsp3) is 0.304. The van der Waals surface area contributed by atoms with Crippen molar-refractivity contribution in [2.45, 2.75) is 47.1 Å². The van der Waals surface area contributed by atoms with Gasteiger partial charge in [-0.1, -0.05) is 19.9 Å². The summed E-state index contributed by atoms with van der Waals surface area (Å²) in [6.07, 6.45) is 0.543. The highest BCUT2D eigenvalue weighted by Gasteiger charge is 2.19. The van der Waals surface area contributed by atoms with Crippen LogP contribution in [0.15, 0.2) is 39.9 Å². The first kappa shape index (κ1) is 22.3. The van der Waals surface area contributed by atoms with Crippen molar-refractivity contribution in [1.29, 1.82) is 0 Å². The van der Waals surface area contributed by atoms with Crippen LogP contribution in [0.25, 0.3) is 22.6 Å². The fourth-order valence-electron chi connectivity index (χ4n) is 3.46. The summed E-state index contributed by atoms with van der Waals surface area (Å²) in [4.78, 5) is 34.5. The third-order valence-corrected chi connectivity index (χ3v) is 5.09. The van der Waals surface area contributed by atoms with E-state index in [2.05, 4.69) is 15.0 Å². The van der Waals surface area contributed by atoms with Gasteiger partial charge >= 0.3 is 5.69 Å². The third-order valence-electron chi connectivity index (χ3n) is 5.09. The zero-order valence-electron chi connectivity index (χ0n) is 17.9. The highest BCUT2D eigenvalue weighted by molar-refractivity contribution is 5.81. The van der Waals surface area contributed by atoms with E-state index in [1.54, 1.807) is 4.57 Å². The number of fused-ring (bicyclic) bond motifs is 2. The minimum atomic E-state index is -0.763. The molecule has 0 saturated heterocycles. The van der Waals surface area contributed by atoms with E-state index in [0.717, 1.165) is 11.1 Å². The van der Waals surface area contributed by atoms with Gasteiger partial charge in [0.05, 0.1) is 11.0 Å². The van der Waals surface area contributed by atoms with Crippen molar-refractivity contribution in [3.05, 3.63) is 79.5 Å². The van der Waals surface area contributed by atoms with Crippen LogP contribution in [0.1, 0.15) is 37.0 Å². The Labute approximate surface area is 178 Å². The number of hydrogen-bond acceptors (Lipinski definition) is 4. The second-order valence-corrected chi connectivity index (χ2v) is 7.04. The van der Waals surface area contributed by atoms with Crippen molar-refractivity contribution < 1.29 is 8.78 Å². The molecule has 0 aromatic heterocycles. The summed E-state index contributed by atoms with van der Waals surface area (Å²) in [5.74, 6) is -1.03. The van der Waals surface area contributed by atoms with Gasteiger partial charge in [-0.25, -0.2) is 18.6 Å². The van der Waals surface area contributed by atoms with Gasteiger partial charge in [0, 0.05) is 12.1 Å². The molecule has 2 aliphatic rings. The monoisotopic (exact) mass is 426 g/mol. The molecule has 2 heterocycles. The number of H-pyrrole nitrogens is 1. The molecule has 0 unspecified atom stereocenters. The number of aromatic amines is 1. The number of nitrogens with one attached hydrogen (secondary N) is 1. The molecule has 31 heavy (non-hydrogen) atoms. The normalized spacial score (nSPS) is 10.9. The Morgan fingerprint density at radius 1 is 1.00 bits per heavy atom. The molecule has 2 aromatic rings. The Balaban J connectivity index is 0.00000132. The van der Waals surface area contributed by atoms with Gasteiger partial charge in [-0.05, 0) is 62.1 Å². The molecule has 0 bridgehead atoms. The minimum Gasteiger partial charge on any atom is -0.322 e. The van der Waals surface area contributed by atoms with Crippen molar-refractivity contribution >= 4 is 11.0 Å². The zero-order chi connectivity index (χ0) is 22.7. The Morgan fingerprint density at radius 2 is 1.65 bits per heavy atom. The average Bonchev–Trinajstić information content (AvgIpc) is 2.73. The first-order valence-corrected chi connectivity index (χ1v) is 10.2. The lowest BCUT2D eigenvalue weighted by Gasteiger charge is -2.18. The number of aromatic nitrogens is 4. The van der Waals surface area contributed by atoms with Crippen molar-refractivity contribution in [1.82, 2.24) is 19.5 Å². The summed E-state index contributed by atoms with van der Waals surface area (Å²) in [7, 11) is 0. The van der Waals surface area contributed by atoms with E-state index in [0.29, 0.717) is 24.0 Å². The Bertz CT molecular complexity index is 1310. The van der Waals surface area contributed by atoms with E-state index in [1.165, 1.54) is 18.2 Å². The average molecular weight is 426 g/mol. The standard InChI is InChI=1S/C21H18F2N4O2.C2H6/c1-11-9-16-17(10-12(11)2)27(19-18(24-16)20(28)26-21(29)25-19)8-4-5-13-14(22)6-3-7-15(13)23;1-2/h3,6-7,9-10H,4-5,8H2,1-2H3,(H,26,28,29);1-2H3. The van der Waals surface area contributed by atoms with E-state index in [4.69, 9.17) is 0 Å². The molecule has 1 N–H and O–H groups in total. The van der Waals surface area contributed by atoms with Gasteiger partial charge in [-0.3, -0.25) is 9.78 Å². The van der Waals surface area contributed by atoms with Crippen molar-refractivity contribution in [3.63, 3.8) is 0 Å². The summed E-state index contributed by atoms with van der Waals surface area (Å²) in [6, 6.07) is 7.54. The fourth-order valence-corrected chi connectivity index (χ4v) is 3.46. The molecule has 8 heteroatoms. The summed E-state index contributed by atoms with van der Waals surface area (Å²) < 4.78 is 29.6. The topological polar surface area (TPSA) is 80.6 Å². The second-order valence-electron chi connectivity index (χ2n) is 7.04. The predicted molar refractivity (Wildman–Crippen MR) is 117 cm³/mol. The summed E-state index contributed by atoms with van der Waals surface area (Å²) >= 11 is 0. The van der Waals surface area contributed by atoms with Crippen LogP contribution in [0.2, 0.25) is 0 Å². The minimum absolute atomic E-state index is 0.0121. The first-order valence-electron chi connectivity index (χ1n) is 10.2. The van der Waals surface area contributed by atoms with Gasteiger partial charge in [0.1, 0.15) is 11.6 Å². The zero-order valence-corrected chi connectivity index (χ0v) is 17.9. The highest BCUT2D eigenvalue weighted by Crippen LogP contribution is 2.24. The molecule has 0 amide bonds. The van der Waals surface area contributed by atoms with E-state index < -0.39 is 22.9 Å². The van der Waals surface area contributed by atoms with Crippen LogP contribution in [0.3, 0.4) is 0 Å². The van der Waals surface area contributed by atoms with Gasteiger partial charge in [-0.15, -0.1) is 0 Å². The molecule has 0 radical (unpaired) electrons. The smallest absolute Gasteiger partial charge is 0.322 e. The van der Waals surface area contributed by atoms with Crippen LogP contribution in [0.5, 0.6) is 0 Å². The molecule has 0 saturated carbocycles. The van der Waals surface area contributed by atoms with Gasteiger partial charge in [0.25, 0.3) is 5.56 Å². The lowest BCUT2D eigenvalue weighted by atomic mass is 10.1. The Morgan fingerprint density at radius 3 is 2.32 bits per heavy atom. The first-order chi connectivity index (χ1) is 14.8. The maximum Gasteiger partial charge on any atom is 0.349 e. The molecular weight excluding hydrogens is 402 g/mol. The maximum absolute atomic E-state index is 13.9. The van der Waals surface area contributed by atoms with Crippen molar-refractivity contribution in [2.24, 2.45) is 0 Å². The molecule has 162 valence electrons. The number of halogens is 2. The predicted octanol–water partition coefficient (Wildman–Crippen LogP) is 4.14. The molecule has 4 rings (SSSR count). The van der Waals surface area contributed by atoms with Gasteiger partial charge in [0.2, 0.25) is 0 Å².